The molecule has 0 amide bonds. The number of methoxy groups -OCH3 is 1. The molecule has 2 heterocycles. The van der Waals surface area contributed by atoms with E-state index in [1.807, 2.05) is 43.4 Å². The number of hydrogen-bond acceptors (Lipinski definition) is 4. The van der Waals surface area contributed by atoms with Gasteiger partial charge in [-0.1, -0.05) is 12.1 Å². The highest BCUT2D eigenvalue weighted by Crippen LogP contribution is 2.34. The molecule has 2 fully saturated rings. The largest absolute Gasteiger partial charge is 0.497 e. The van der Waals surface area contributed by atoms with Crippen molar-refractivity contribution in [3.63, 3.8) is 0 Å². The minimum atomic E-state index is 0. The molecule has 0 radical (unpaired) electrons. The maximum atomic E-state index is 5.91. The van der Waals surface area contributed by atoms with Gasteiger partial charge in [-0.15, -0.1) is 24.0 Å². The SMILES string of the molecule is CN=C(NCCc1ccc(Oc2ccc(OC)cc2)cc1)NC1CC2CCC1O2.I. The van der Waals surface area contributed by atoms with E-state index in [0.29, 0.717) is 18.2 Å². The van der Waals surface area contributed by atoms with E-state index >= 15 is 0 Å². The highest BCUT2D eigenvalue weighted by atomic mass is 127. The first kappa shape index (κ1) is 22.7. The number of rotatable bonds is 7. The molecule has 162 valence electrons. The number of benzene rings is 2. The molecule has 0 saturated carbocycles. The molecule has 2 saturated heterocycles. The van der Waals surface area contributed by atoms with Crippen LogP contribution in [0.3, 0.4) is 0 Å². The van der Waals surface area contributed by atoms with E-state index in [4.69, 9.17) is 14.2 Å². The lowest BCUT2D eigenvalue weighted by Crippen LogP contribution is -2.47. The number of hydrogen-bond donors (Lipinski definition) is 2. The highest BCUT2D eigenvalue weighted by molar-refractivity contribution is 14.0. The molecule has 3 unspecified atom stereocenters. The minimum absolute atomic E-state index is 0. The number of nitrogens with zero attached hydrogens (tertiary/aromatic N) is 1. The van der Waals surface area contributed by atoms with Crippen LogP contribution in [-0.4, -0.2) is 44.9 Å². The fourth-order valence-electron chi connectivity index (χ4n) is 3.99. The summed E-state index contributed by atoms with van der Waals surface area (Å²) in [5.41, 5.74) is 1.25. The van der Waals surface area contributed by atoms with Crippen LogP contribution in [0.4, 0.5) is 0 Å². The zero-order chi connectivity index (χ0) is 20.1. The Morgan fingerprint density at radius 2 is 1.70 bits per heavy atom. The molecule has 4 rings (SSSR count). The van der Waals surface area contributed by atoms with Crippen molar-refractivity contribution in [1.29, 1.82) is 0 Å². The molecule has 0 spiro atoms. The third kappa shape index (κ3) is 5.78. The maximum Gasteiger partial charge on any atom is 0.191 e. The van der Waals surface area contributed by atoms with E-state index in [0.717, 1.165) is 49.0 Å². The second-order valence-electron chi connectivity index (χ2n) is 7.53. The smallest absolute Gasteiger partial charge is 0.191 e. The molecule has 0 aliphatic carbocycles. The quantitative estimate of drug-likeness (QED) is 0.325. The third-order valence-electron chi connectivity index (χ3n) is 5.58. The molecule has 3 atom stereocenters. The Morgan fingerprint density at radius 3 is 2.27 bits per heavy atom. The van der Waals surface area contributed by atoms with Gasteiger partial charge in [-0.2, -0.15) is 0 Å². The molecule has 0 aromatic heterocycles. The van der Waals surface area contributed by atoms with E-state index in [1.54, 1.807) is 7.11 Å². The van der Waals surface area contributed by atoms with Crippen LogP contribution in [0.1, 0.15) is 24.8 Å². The van der Waals surface area contributed by atoms with E-state index < -0.39 is 0 Å². The average molecular weight is 523 g/mol. The van der Waals surface area contributed by atoms with Crippen molar-refractivity contribution < 1.29 is 14.2 Å². The summed E-state index contributed by atoms with van der Waals surface area (Å²) in [5, 5.41) is 6.92. The van der Waals surface area contributed by atoms with Gasteiger partial charge in [0.25, 0.3) is 0 Å². The monoisotopic (exact) mass is 523 g/mol. The Bertz CT molecular complexity index is 827. The second kappa shape index (κ2) is 10.9. The van der Waals surface area contributed by atoms with Gasteiger partial charge in [0.15, 0.2) is 5.96 Å². The molecule has 2 N–H and O–H groups in total. The fraction of sp³-hybridized carbons (Fsp3) is 0.435. The number of guanidine groups is 1. The Kier molecular flexibility index (Phi) is 8.21. The van der Waals surface area contributed by atoms with Gasteiger partial charge in [-0.3, -0.25) is 4.99 Å². The van der Waals surface area contributed by atoms with Crippen molar-refractivity contribution in [1.82, 2.24) is 10.6 Å². The topological polar surface area (TPSA) is 64.1 Å². The van der Waals surface area contributed by atoms with Gasteiger partial charge in [-0.25, -0.2) is 0 Å². The summed E-state index contributed by atoms with van der Waals surface area (Å²) < 4.78 is 17.0. The van der Waals surface area contributed by atoms with Crippen LogP contribution >= 0.6 is 24.0 Å². The summed E-state index contributed by atoms with van der Waals surface area (Å²) >= 11 is 0. The number of nitrogens with one attached hydrogen (secondary N) is 2. The van der Waals surface area contributed by atoms with Crippen LogP contribution in [-0.2, 0) is 11.2 Å². The zero-order valence-electron chi connectivity index (χ0n) is 17.5. The first-order chi connectivity index (χ1) is 14.2. The van der Waals surface area contributed by atoms with Crippen LogP contribution in [0, 0.1) is 0 Å². The molecule has 6 nitrogen and oxygen atoms in total. The Balaban J connectivity index is 0.00000256. The molecule has 2 aromatic rings. The van der Waals surface area contributed by atoms with Crippen LogP contribution in [0.2, 0.25) is 0 Å². The van der Waals surface area contributed by atoms with Gasteiger partial charge in [-0.05, 0) is 67.6 Å². The van der Waals surface area contributed by atoms with Gasteiger partial charge in [0.05, 0.1) is 25.4 Å². The Labute approximate surface area is 195 Å². The lowest BCUT2D eigenvalue weighted by atomic mass is 9.96. The van der Waals surface area contributed by atoms with Gasteiger partial charge in [0, 0.05) is 13.6 Å². The first-order valence-corrected chi connectivity index (χ1v) is 10.3. The summed E-state index contributed by atoms with van der Waals surface area (Å²) in [6.07, 6.45) is 5.14. The number of fused-ring (bicyclic) bond motifs is 2. The lowest BCUT2D eigenvalue weighted by Gasteiger charge is -2.22. The van der Waals surface area contributed by atoms with Crippen LogP contribution < -0.4 is 20.1 Å². The fourth-order valence-corrected chi connectivity index (χ4v) is 3.99. The van der Waals surface area contributed by atoms with Crippen LogP contribution in [0.5, 0.6) is 17.2 Å². The summed E-state index contributed by atoms with van der Waals surface area (Å²) in [4.78, 5) is 4.35. The molecule has 2 aliphatic rings. The number of aliphatic imine (C=N–C) groups is 1. The van der Waals surface area contributed by atoms with Crippen LogP contribution in [0.15, 0.2) is 53.5 Å². The molecule has 2 aromatic carbocycles. The first-order valence-electron chi connectivity index (χ1n) is 10.3. The van der Waals surface area contributed by atoms with Crippen molar-refractivity contribution in [2.75, 3.05) is 20.7 Å². The number of ether oxygens (including phenoxy) is 3. The van der Waals surface area contributed by atoms with E-state index in [-0.39, 0.29) is 24.0 Å². The van der Waals surface area contributed by atoms with Crippen molar-refractivity contribution >= 4 is 29.9 Å². The maximum absolute atomic E-state index is 5.91. The van der Waals surface area contributed by atoms with E-state index in [1.165, 1.54) is 12.0 Å². The molecule has 2 aliphatic heterocycles. The predicted octanol–water partition coefficient (Wildman–Crippen LogP) is 4.13. The normalized spacial score (nSPS) is 22.3. The zero-order valence-corrected chi connectivity index (χ0v) is 19.8. The average Bonchev–Trinajstić information content (AvgIpc) is 3.38. The molecular formula is C23H30IN3O3. The second-order valence-corrected chi connectivity index (χ2v) is 7.53. The summed E-state index contributed by atoms with van der Waals surface area (Å²) in [6, 6.07) is 16.2. The van der Waals surface area contributed by atoms with Crippen LogP contribution in [0.25, 0.3) is 0 Å². The van der Waals surface area contributed by atoms with Crippen molar-refractivity contribution in [3.05, 3.63) is 54.1 Å². The van der Waals surface area contributed by atoms with E-state index in [2.05, 4.69) is 27.8 Å². The minimum Gasteiger partial charge on any atom is -0.497 e. The van der Waals surface area contributed by atoms with Gasteiger partial charge in [0.1, 0.15) is 17.2 Å². The van der Waals surface area contributed by atoms with Crippen molar-refractivity contribution in [2.45, 2.75) is 43.9 Å². The Hall–Kier alpha value is -2.00. The van der Waals surface area contributed by atoms with E-state index in [9.17, 15) is 0 Å². The summed E-state index contributed by atoms with van der Waals surface area (Å²) in [5.74, 6) is 3.28. The predicted molar refractivity (Wildman–Crippen MR) is 129 cm³/mol. The molecular weight excluding hydrogens is 493 g/mol. The van der Waals surface area contributed by atoms with Gasteiger partial charge >= 0.3 is 0 Å². The van der Waals surface area contributed by atoms with Crippen molar-refractivity contribution in [3.8, 4) is 17.2 Å². The number of halogens is 1. The molecule has 2 bridgehead atoms. The molecule has 30 heavy (non-hydrogen) atoms. The summed E-state index contributed by atoms with van der Waals surface area (Å²) in [7, 11) is 3.47. The highest BCUT2D eigenvalue weighted by Gasteiger charge is 2.41. The van der Waals surface area contributed by atoms with Gasteiger partial charge in [0.2, 0.25) is 0 Å². The Morgan fingerprint density at radius 1 is 1.03 bits per heavy atom. The van der Waals surface area contributed by atoms with Crippen molar-refractivity contribution in [2.24, 2.45) is 4.99 Å². The third-order valence-corrected chi connectivity index (χ3v) is 5.58. The lowest BCUT2D eigenvalue weighted by molar-refractivity contribution is 0.0992. The summed E-state index contributed by atoms with van der Waals surface area (Å²) in [6.45, 7) is 0.819. The van der Waals surface area contributed by atoms with Gasteiger partial charge < -0.3 is 24.8 Å². The standard InChI is InChI=1S/C23H29N3O3.HI/c1-24-23(26-21-15-20-11-12-22(21)29-20)25-14-13-16-3-5-18(6-4-16)28-19-9-7-17(27-2)8-10-19;/h3-10,20-22H,11-15H2,1-2H3,(H2,24,25,26);1H. The molecule has 7 heteroatoms.